The molecule has 4 rings (SSSR count). The van der Waals surface area contributed by atoms with E-state index in [1.807, 2.05) is 18.2 Å². The Kier molecular flexibility index (Phi) is 6.40. The van der Waals surface area contributed by atoms with Gasteiger partial charge < -0.3 is 0 Å². The summed E-state index contributed by atoms with van der Waals surface area (Å²) < 4.78 is 14.9. The van der Waals surface area contributed by atoms with Gasteiger partial charge in [-0.2, -0.15) is 0 Å². The van der Waals surface area contributed by atoms with Gasteiger partial charge in [0.2, 0.25) is 5.91 Å². The van der Waals surface area contributed by atoms with Crippen LogP contribution in [0, 0.1) is 12.7 Å². The van der Waals surface area contributed by atoms with Crippen LogP contribution in [0.3, 0.4) is 0 Å². The molecule has 2 aromatic carbocycles. The van der Waals surface area contributed by atoms with Crippen LogP contribution in [0.15, 0.2) is 71.9 Å². The minimum atomic E-state index is -0.376. The second-order valence-electron chi connectivity index (χ2n) is 6.84. The fraction of sp³-hybridized carbons (Fsp3) is 0.174. The summed E-state index contributed by atoms with van der Waals surface area (Å²) in [5.41, 5.74) is 2.41. The first-order chi connectivity index (χ1) is 14.6. The Morgan fingerprint density at radius 2 is 1.97 bits per heavy atom. The van der Waals surface area contributed by atoms with E-state index >= 15 is 0 Å². The van der Waals surface area contributed by atoms with Crippen molar-refractivity contribution in [1.29, 1.82) is 0 Å². The van der Waals surface area contributed by atoms with Crippen LogP contribution in [0.5, 0.6) is 0 Å². The van der Waals surface area contributed by atoms with Gasteiger partial charge in [0.05, 0.1) is 11.2 Å². The molecule has 0 saturated heterocycles. The van der Waals surface area contributed by atoms with Crippen molar-refractivity contribution < 1.29 is 9.18 Å². The van der Waals surface area contributed by atoms with Crippen molar-refractivity contribution in [3.05, 3.63) is 83.9 Å². The maximum atomic E-state index is 14.1. The van der Waals surface area contributed by atoms with Gasteiger partial charge >= 0.3 is 0 Å². The minimum Gasteiger partial charge on any atom is -0.284 e. The Balaban J connectivity index is 1.53. The van der Waals surface area contributed by atoms with E-state index in [2.05, 4.69) is 41.2 Å². The summed E-state index contributed by atoms with van der Waals surface area (Å²) in [6.07, 6.45) is 3.79. The molecule has 2 heterocycles. The van der Waals surface area contributed by atoms with E-state index in [9.17, 15) is 9.18 Å². The van der Waals surface area contributed by atoms with Crippen LogP contribution < -0.4 is 4.90 Å². The summed E-state index contributed by atoms with van der Waals surface area (Å²) in [7, 11) is 0. The molecule has 0 bridgehead atoms. The lowest BCUT2D eigenvalue weighted by Crippen LogP contribution is -2.30. The lowest BCUT2D eigenvalue weighted by atomic mass is 10.2. The molecule has 0 unspecified atom stereocenters. The molecule has 0 atom stereocenters. The van der Waals surface area contributed by atoms with Crippen LogP contribution in [-0.4, -0.2) is 21.6 Å². The molecule has 152 valence electrons. The number of hydrogen-bond donors (Lipinski definition) is 0. The van der Waals surface area contributed by atoms with E-state index in [0.717, 1.165) is 15.2 Å². The number of anilines is 1. The Labute approximate surface area is 182 Å². The standard InChI is InChI=1S/C23H20FN3OS2/c1-16-7-9-18(10-8-16)29-13-11-21(28)27(15-17-4-3-12-25-14-17)23-26-22-19(24)5-2-6-20(22)30-23/h2-10,12,14H,11,13,15H2,1H3. The molecule has 2 aromatic heterocycles. The first-order valence-electron chi connectivity index (χ1n) is 9.54. The van der Waals surface area contributed by atoms with Gasteiger partial charge in [-0.15, -0.1) is 11.8 Å². The van der Waals surface area contributed by atoms with Gasteiger partial charge in [-0.25, -0.2) is 9.37 Å². The molecule has 0 aliphatic rings. The second kappa shape index (κ2) is 9.36. The molecule has 4 nitrogen and oxygen atoms in total. The maximum Gasteiger partial charge on any atom is 0.229 e. The number of carbonyl (C=O) groups excluding carboxylic acids is 1. The van der Waals surface area contributed by atoms with Gasteiger partial charge in [-0.1, -0.05) is 41.2 Å². The van der Waals surface area contributed by atoms with Gasteiger partial charge in [0.15, 0.2) is 5.13 Å². The maximum absolute atomic E-state index is 14.1. The summed E-state index contributed by atoms with van der Waals surface area (Å²) in [5.74, 6) is 0.238. The summed E-state index contributed by atoms with van der Waals surface area (Å²) in [6, 6.07) is 16.9. The lowest BCUT2D eigenvalue weighted by Gasteiger charge is -2.20. The van der Waals surface area contributed by atoms with Crippen molar-refractivity contribution in [2.45, 2.75) is 24.8 Å². The predicted octanol–water partition coefficient (Wildman–Crippen LogP) is 5.85. The van der Waals surface area contributed by atoms with Crippen LogP contribution in [0.2, 0.25) is 0 Å². The van der Waals surface area contributed by atoms with E-state index in [1.54, 1.807) is 35.1 Å². The highest BCUT2D eigenvalue weighted by molar-refractivity contribution is 7.99. The molecule has 30 heavy (non-hydrogen) atoms. The molecule has 4 aromatic rings. The molecule has 1 amide bonds. The van der Waals surface area contributed by atoms with Gasteiger partial charge in [0.1, 0.15) is 11.3 Å². The number of aryl methyl sites for hydroxylation is 1. The number of halogens is 1. The highest BCUT2D eigenvalue weighted by Gasteiger charge is 2.21. The van der Waals surface area contributed by atoms with Crippen molar-refractivity contribution in [1.82, 2.24) is 9.97 Å². The third-order valence-corrected chi connectivity index (χ3v) is 6.62. The Morgan fingerprint density at radius 1 is 1.13 bits per heavy atom. The molecular weight excluding hydrogens is 417 g/mol. The quantitative estimate of drug-likeness (QED) is 0.340. The van der Waals surface area contributed by atoms with Gasteiger partial charge in [-0.05, 0) is 42.8 Å². The SMILES string of the molecule is Cc1ccc(SCCC(=O)N(Cc2cccnc2)c2nc3c(F)cccc3s2)cc1. The Bertz CT molecular complexity index is 1150. The monoisotopic (exact) mass is 437 g/mol. The number of nitrogens with zero attached hydrogens (tertiary/aromatic N) is 3. The average molecular weight is 438 g/mol. The predicted molar refractivity (Wildman–Crippen MR) is 122 cm³/mol. The number of amides is 1. The number of aromatic nitrogens is 2. The lowest BCUT2D eigenvalue weighted by molar-refractivity contribution is -0.118. The highest BCUT2D eigenvalue weighted by Crippen LogP contribution is 2.32. The van der Waals surface area contributed by atoms with Crippen molar-refractivity contribution in [2.24, 2.45) is 0 Å². The number of benzene rings is 2. The van der Waals surface area contributed by atoms with Crippen molar-refractivity contribution in [3.8, 4) is 0 Å². The number of pyridine rings is 1. The first-order valence-corrected chi connectivity index (χ1v) is 11.3. The molecule has 0 N–H and O–H groups in total. The van der Waals surface area contributed by atoms with Crippen LogP contribution in [0.1, 0.15) is 17.5 Å². The largest absolute Gasteiger partial charge is 0.284 e. The third-order valence-electron chi connectivity index (χ3n) is 4.56. The number of carbonyl (C=O) groups is 1. The molecule has 0 radical (unpaired) electrons. The van der Waals surface area contributed by atoms with Crippen LogP contribution in [0.25, 0.3) is 10.2 Å². The van der Waals surface area contributed by atoms with E-state index in [-0.39, 0.29) is 11.7 Å². The van der Waals surface area contributed by atoms with Crippen molar-refractivity contribution in [3.63, 3.8) is 0 Å². The van der Waals surface area contributed by atoms with Gasteiger partial charge in [0, 0.05) is 29.5 Å². The van der Waals surface area contributed by atoms with Crippen LogP contribution in [-0.2, 0) is 11.3 Å². The molecule has 0 spiro atoms. The second-order valence-corrected chi connectivity index (χ2v) is 9.01. The Hall–Kier alpha value is -2.77. The van der Waals surface area contributed by atoms with E-state index in [0.29, 0.717) is 29.4 Å². The van der Waals surface area contributed by atoms with E-state index < -0.39 is 0 Å². The number of thiazole rings is 1. The van der Waals surface area contributed by atoms with Gasteiger partial charge in [-0.3, -0.25) is 14.7 Å². The smallest absolute Gasteiger partial charge is 0.229 e. The first kappa shape index (κ1) is 20.5. The molecular formula is C23H20FN3OS2. The highest BCUT2D eigenvalue weighted by atomic mass is 32.2. The fourth-order valence-corrected chi connectivity index (χ4v) is 4.82. The number of thioether (sulfide) groups is 1. The summed E-state index contributed by atoms with van der Waals surface area (Å²) in [6.45, 7) is 2.40. The minimum absolute atomic E-state index is 0.0436. The number of fused-ring (bicyclic) bond motifs is 1. The fourth-order valence-electron chi connectivity index (χ4n) is 2.98. The molecule has 0 saturated carbocycles. The van der Waals surface area contributed by atoms with Gasteiger partial charge in [0.25, 0.3) is 0 Å². The zero-order valence-corrected chi connectivity index (χ0v) is 18.0. The van der Waals surface area contributed by atoms with Crippen LogP contribution in [0.4, 0.5) is 9.52 Å². The summed E-state index contributed by atoms with van der Waals surface area (Å²) in [5, 5.41) is 0.504. The molecule has 0 fully saturated rings. The Morgan fingerprint density at radius 3 is 2.70 bits per heavy atom. The summed E-state index contributed by atoms with van der Waals surface area (Å²) >= 11 is 2.97. The average Bonchev–Trinajstić information content (AvgIpc) is 3.19. The third kappa shape index (κ3) is 4.86. The topological polar surface area (TPSA) is 46.1 Å². The molecule has 0 aliphatic carbocycles. The number of hydrogen-bond acceptors (Lipinski definition) is 5. The normalized spacial score (nSPS) is 11.0. The molecule has 7 heteroatoms. The number of rotatable bonds is 7. The van der Waals surface area contributed by atoms with E-state index in [4.69, 9.17) is 0 Å². The van der Waals surface area contributed by atoms with Crippen molar-refractivity contribution in [2.75, 3.05) is 10.7 Å². The summed E-state index contributed by atoms with van der Waals surface area (Å²) in [4.78, 5) is 24.5. The van der Waals surface area contributed by atoms with Crippen LogP contribution >= 0.6 is 23.1 Å². The number of para-hydroxylation sites is 1. The van der Waals surface area contributed by atoms with E-state index in [1.165, 1.54) is 23.0 Å². The van der Waals surface area contributed by atoms with Crippen molar-refractivity contribution >= 4 is 44.4 Å². The zero-order chi connectivity index (χ0) is 20.9. The molecule has 0 aliphatic heterocycles. The zero-order valence-electron chi connectivity index (χ0n) is 16.4.